The Balaban J connectivity index is 2.47. The predicted octanol–water partition coefficient (Wildman–Crippen LogP) is 2.37. The van der Waals surface area contributed by atoms with Gasteiger partial charge < -0.3 is 10.4 Å². The van der Waals surface area contributed by atoms with E-state index in [0.717, 1.165) is 12.1 Å². The summed E-state index contributed by atoms with van der Waals surface area (Å²) >= 11 is 0. The largest absolute Gasteiger partial charge is 0.390 e. The van der Waals surface area contributed by atoms with E-state index in [1.165, 1.54) is 0 Å². The highest BCUT2D eigenvalue weighted by Crippen LogP contribution is 2.14. The summed E-state index contributed by atoms with van der Waals surface area (Å²) < 4.78 is 0. The minimum absolute atomic E-state index is 0.227. The van der Waals surface area contributed by atoms with Crippen LogP contribution in [-0.2, 0) is 0 Å². The number of rotatable bonds is 5. The van der Waals surface area contributed by atoms with Gasteiger partial charge in [0, 0.05) is 6.04 Å². The first-order valence-corrected chi connectivity index (χ1v) is 5.88. The number of aliphatic hydroxyl groups is 1. The highest BCUT2D eigenvalue weighted by molar-refractivity contribution is 5.32. The third-order valence-electron chi connectivity index (χ3n) is 2.73. The van der Waals surface area contributed by atoms with Crippen LogP contribution in [0.3, 0.4) is 0 Å². The SMILES string of the molecule is CC(NCCC(C)(C)O)c1ccc(C#N)cc1. The summed E-state index contributed by atoms with van der Waals surface area (Å²) in [5.41, 5.74) is 1.20. The molecule has 1 atom stereocenters. The molecule has 1 unspecified atom stereocenters. The quantitative estimate of drug-likeness (QED) is 0.819. The number of benzene rings is 1. The Labute approximate surface area is 103 Å². The lowest BCUT2D eigenvalue weighted by atomic mass is 10.0. The van der Waals surface area contributed by atoms with Crippen LogP contribution in [0.15, 0.2) is 24.3 Å². The van der Waals surface area contributed by atoms with E-state index in [2.05, 4.69) is 18.3 Å². The lowest BCUT2D eigenvalue weighted by Gasteiger charge is -2.20. The van der Waals surface area contributed by atoms with Crippen molar-refractivity contribution in [3.8, 4) is 6.07 Å². The highest BCUT2D eigenvalue weighted by atomic mass is 16.3. The number of hydrogen-bond donors (Lipinski definition) is 2. The van der Waals surface area contributed by atoms with Crippen LogP contribution < -0.4 is 5.32 Å². The summed E-state index contributed by atoms with van der Waals surface area (Å²) in [5.74, 6) is 0. The van der Waals surface area contributed by atoms with Gasteiger partial charge in [0.2, 0.25) is 0 Å². The number of nitriles is 1. The van der Waals surface area contributed by atoms with E-state index in [4.69, 9.17) is 5.26 Å². The second kappa shape index (κ2) is 5.81. The molecule has 3 nitrogen and oxygen atoms in total. The van der Waals surface area contributed by atoms with Gasteiger partial charge in [0.05, 0.1) is 17.2 Å². The van der Waals surface area contributed by atoms with Crippen molar-refractivity contribution in [1.82, 2.24) is 5.32 Å². The lowest BCUT2D eigenvalue weighted by Crippen LogP contribution is -2.28. The number of nitrogens with zero attached hydrogens (tertiary/aromatic N) is 1. The van der Waals surface area contributed by atoms with Crippen LogP contribution in [0.4, 0.5) is 0 Å². The van der Waals surface area contributed by atoms with E-state index < -0.39 is 5.60 Å². The van der Waals surface area contributed by atoms with Gasteiger partial charge in [-0.25, -0.2) is 0 Å². The molecule has 2 N–H and O–H groups in total. The summed E-state index contributed by atoms with van der Waals surface area (Å²) in [6.07, 6.45) is 0.716. The van der Waals surface area contributed by atoms with Crippen molar-refractivity contribution in [3.63, 3.8) is 0 Å². The van der Waals surface area contributed by atoms with E-state index in [-0.39, 0.29) is 6.04 Å². The van der Waals surface area contributed by atoms with Crippen molar-refractivity contribution < 1.29 is 5.11 Å². The number of nitrogens with one attached hydrogen (secondary N) is 1. The van der Waals surface area contributed by atoms with Crippen LogP contribution in [0, 0.1) is 11.3 Å². The second-order valence-electron chi connectivity index (χ2n) is 4.97. The van der Waals surface area contributed by atoms with Crippen LogP contribution in [0.1, 0.15) is 44.4 Å². The van der Waals surface area contributed by atoms with Gasteiger partial charge in [-0.2, -0.15) is 5.26 Å². The second-order valence-corrected chi connectivity index (χ2v) is 4.97. The average molecular weight is 232 g/mol. The van der Waals surface area contributed by atoms with Gasteiger partial charge >= 0.3 is 0 Å². The molecule has 0 aliphatic carbocycles. The standard InChI is InChI=1S/C14H20N2O/c1-11(16-9-8-14(2,3)17)13-6-4-12(10-15)5-7-13/h4-7,11,16-17H,8-9H2,1-3H3. The van der Waals surface area contributed by atoms with Gasteiger partial charge in [-0.1, -0.05) is 12.1 Å². The Morgan fingerprint density at radius 2 is 1.94 bits per heavy atom. The molecule has 0 radical (unpaired) electrons. The average Bonchev–Trinajstić information content (AvgIpc) is 2.27. The van der Waals surface area contributed by atoms with Crippen molar-refractivity contribution in [3.05, 3.63) is 35.4 Å². The summed E-state index contributed by atoms with van der Waals surface area (Å²) in [6, 6.07) is 9.89. The fourth-order valence-corrected chi connectivity index (χ4v) is 1.56. The maximum Gasteiger partial charge on any atom is 0.0991 e. The van der Waals surface area contributed by atoms with Crippen LogP contribution in [0.25, 0.3) is 0 Å². The van der Waals surface area contributed by atoms with Gasteiger partial charge in [-0.3, -0.25) is 0 Å². The normalized spacial score (nSPS) is 13.1. The molecular weight excluding hydrogens is 212 g/mol. The van der Waals surface area contributed by atoms with Crippen LogP contribution in [0.2, 0.25) is 0 Å². The Morgan fingerprint density at radius 1 is 1.35 bits per heavy atom. The molecule has 0 aliphatic rings. The molecule has 0 spiro atoms. The zero-order valence-corrected chi connectivity index (χ0v) is 10.7. The zero-order valence-electron chi connectivity index (χ0n) is 10.7. The fourth-order valence-electron chi connectivity index (χ4n) is 1.56. The Bertz CT molecular complexity index is 384. The van der Waals surface area contributed by atoms with E-state index in [1.54, 1.807) is 13.8 Å². The minimum Gasteiger partial charge on any atom is -0.390 e. The van der Waals surface area contributed by atoms with Gasteiger partial charge in [0.25, 0.3) is 0 Å². The maximum atomic E-state index is 9.59. The number of hydrogen-bond acceptors (Lipinski definition) is 3. The first-order valence-electron chi connectivity index (χ1n) is 5.88. The molecule has 1 aromatic rings. The molecule has 1 rings (SSSR count). The molecule has 17 heavy (non-hydrogen) atoms. The predicted molar refractivity (Wildman–Crippen MR) is 68.5 cm³/mol. The van der Waals surface area contributed by atoms with Gasteiger partial charge in [0.1, 0.15) is 0 Å². The maximum absolute atomic E-state index is 9.59. The zero-order chi connectivity index (χ0) is 12.9. The summed E-state index contributed by atoms with van der Waals surface area (Å²) in [6.45, 7) is 6.46. The first-order chi connectivity index (χ1) is 7.92. The van der Waals surface area contributed by atoms with E-state index in [9.17, 15) is 5.11 Å². The van der Waals surface area contributed by atoms with Crippen LogP contribution >= 0.6 is 0 Å². The van der Waals surface area contributed by atoms with Gasteiger partial charge in [-0.15, -0.1) is 0 Å². The third-order valence-corrected chi connectivity index (χ3v) is 2.73. The molecule has 1 aromatic carbocycles. The van der Waals surface area contributed by atoms with Crippen molar-refractivity contribution >= 4 is 0 Å². The van der Waals surface area contributed by atoms with E-state index >= 15 is 0 Å². The molecule has 0 saturated carbocycles. The van der Waals surface area contributed by atoms with Gasteiger partial charge in [0.15, 0.2) is 0 Å². The first kappa shape index (κ1) is 13.7. The Morgan fingerprint density at radius 3 is 2.41 bits per heavy atom. The third kappa shape index (κ3) is 4.99. The topological polar surface area (TPSA) is 56.0 Å². The fraction of sp³-hybridized carbons (Fsp3) is 0.500. The molecule has 0 saturated heterocycles. The summed E-state index contributed by atoms with van der Waals surface area (Å²) in [4.78, 5) is 0. The van der Waals surface area contributed by atoms with E-state index in [1.807, 2.05) is 24.3 Å². The van der Waals surface area contributed by atoms with E-state index in [0.29, 0.717) is 12.0 Å². The van der Waals surface area contributed by atoms with Crippen molar-refractivity contribution in [1.29, 1.82) is 5.26 Å². The van der Waals surface area contributed by atoms with Crippen LogP contribution in [0.5, 0.6) is 0 Å². The molecule has 0 fully saturated rings. The smallest absolute Gasteiger partial charge is 0.0991 e. The van der Waals surface area contributed by atoms with Crippen LogP contribution in [-0.4, -0.2) is 17.3 Å². The monoisotopic (exact) mass is 232 g/mol. The lowest BCUT2D eigenvalue weighted by molar-refractivity contribution is 0.0705. The molecule has 0 heterocycles. The summed E-state index contributed by atoms with van der Waals surface area (Å²) in [5, 5.41) is 21.6. The van der Waals surface area contributed by atoms with Crippen molar-refractivity contribution in [2.45, 2.75) is 38.8 Å². The van der Waals surface area contributed by atoms with Crippen molar-refractivity contribution in [2.75, 3.05) is 6.54 Å². The molecule has 0 aliphatic heterocycles. The highest BCUT2D eigenvalue weighted by Gasteiger charge is 2.12. The van der Waals surface area contributed by atoms with Crippen molar-refractivity contribution in [2.24, 2.45) is 0 Å². The molecule has 92 valence electrons. The Kier molecular flexibility index (Phi) is 4.68. The molecule has 3 heteroatoms. The Hall–Kier alpha value is -1.37. The molecule has 0 bridgehead atoms. The van der Waals surface area contributed by atoms with Gasteiger partial charge in [-0.05, 0) is 51.4 Å². The molecule has 0 aromatic heterocycles. The molecular formula is C14H20N2O. The minimum atomic E-state index is -0.628. The molecule has 0 amide bonds. The summed E-state index contributed by atoms with van der Waals surface area (Å²) in [7, 11) is 0.